The van der Waals surface area contributed by atoms with Gasteiger partial charge < -0.3 is 19.7 Å². The number of amides is 3. The second-order valence-electron chi connectivity index (χ2n) is 7.14. The van der Waals surface area contributed by atoms with Crippen LogP contribution >= 0.6 is 11.8 Å². The fraction of sp³-hybridized carbons (Fsp3) is 0.273. The highest BCUT2D eigenvalue weighted by Gasteiger charge is 2.61. The Bertz CT molecular complexity index is 1120. The highest BCUT2D eigenvalue weighted by Crippen LogP contribution is 2.54. The first kappa shape index (κ1) is 21.7. The van der Waals surface area contributed by atoms with Crippen molar-refractivity contribution in [2.75, 3.05) is 25.2 Å². The Morgan fingerprint density at radius 1 is 1.09 bits per heavy atom. The van der Waals surface area contributed by atoms with Gasteiger partial charge in [0.15, 0.2) is 16.7 Å². The Morgan fingerprint density at radius 3 is 2.47 bits per heavy atom. The number of para-hydroxylation sites is 3. The monoisotopic (exact) mass is 454 g/mol. The minimum atomic E-state index is -1.41. The van der Waals surface area contributed by atoms with Crippen LogP contribution in [-0.2, 0) is 19.3 Å². The van der Waals surface area contributed by atoms with Gasteiger partial charge in [-0.3, -0.25) is 14.4 Å². The maximum Gasteiger partial charge on any atom is 0.270 e. The van der Waals surface area contributed by atoms with Crippen LogP contribution in [0.3, 0.4) is 0 Å². The van der Waals surface area contributed by atoms with E-state index in [4.69, 9.17) is 9.47 Å². The summed E-state index contributed by atoms with van der Waals surface area (Å²) in [7, 11) is 1.56. The number of thioether (sulfide) groups is 1. The Balaban J connectivity index is 1.62. The first-order valence-electron chi connectivity index (χ1n) is 9.91. The molecule has 4 rings (SSSR count). The van der Waals surface area contributed by atoms with E-state index in [9.17, 15) is 14.4 Å². The number of amidine groups is 1. The molecule has 1 N–H and O–H groups in total. The summed E-state index contributed by atoms with van der Waals surface area (Å²) in [6.07, 6.45) is 0. The molecule has 10 heteroatoms. The standard InChI is InChI=1S/C22H22N4O5S/c1-14(27)23-21-24-26(15(2)28)22(32-21)16-8-4-5-9-17(16)25(20(22)29)12-13-31-19-11-7-6-10-18(19)30-3/h4-11H,12-13H2,1-3H3,(H,23,24,27). The lowest BCUT2D eigenvalue weighted by Crippen LogP contribution is -2.49. The van der Waals surface area contributed by atoms with Crippen LogP contribution in [0.5, 0.6) is 11.5 Å². The third-order valence-electron chi connectivity index (χ3n) is 5.05. The second kappa shape index (κ2) is 8.54. The molecule has 0 saturated carbocycles. The molecule has 1 atom stereocenters. The van der Waals surface area contributed by atoms with Crippen molar-refractivity contribution in [3.05, 3.63) is 54.1 Å². The zero-order chi connectivity index (χ0) is 22.9. The van der Waals surface area contributed by atoms with Crippen LogP contribution in [0.25, 0.3) is 0 Å². The number of benzene rings is 2. The fourth-order valence-electron chi connectivity index (χ4n) is 3.77. The first-order chi connectivity index (χ1) is 15.4. The Hall–Kier alpha value is -3.53. The van der Waals surface area contributed by atoms with E-state index in [0.29, 0.717) is 22.7 Å². The number of carbonyl (C=O) groups is 3. The zero-order valence-corrected chi connectivity index (χ0v) is 18.6. The molecule has 2 heterocycles. The topological polar surface area (TPSA) is 101 Å². The smallest absolute Gasteiger partial charge is 0.270 e. The number of hydrogen-bond acceptors (Lipinski definition) is 7. The van der Waals surface area contributed by atoms with Crippen molar-refractivity contribution in [1.29, 1.82) is 0 Å². The number of carbonyl (C=O) groups excluding carboxylic acids is 3. The predicted molar refractivity (Wildman–Crippen MR) is 120 cm³/mol. The maximum atomic E-state index is 13.7. The molecule has 0 aliphatic carbocycles. The van der Waals surface area contributed by atoms with E-state index >= 15 is 0 Å². The summed E-state index contributed by atoms with van der Waals surface area (Å²) in [4.78, 5) is 37.9. The number of methoxy groups -OCH3 is 1. The van der Waals surface area contributed by atoms with Gasteiger partial charge in [-0.2, -0.15) is 5.01 Å². The molecule has 166 valence electrons. The van der Waals surface area contributed by atoms with E-state index in [1.807, 2.05) is 24.3 Å². The molecule has 1 spiro atoms. The average Bonchev–Trinajstić information content (AvgIpc) is 3.26. The predicted octanol–water partition coefficient (Wildman–Crippen LogP) is 2.28. The van der Waals surface area contributed by atoms with Crippen molar-refractivity contribution in [1.82, 2.24) is 10.3 Å². The molecule has 2 aliphatic heterocycles. The van der Waals surface area contributed by atoms with Crippen molar-refractivity contribution in [2.45, 2.75) is 18.7 Å². The zero-order valence-electron chi connectivity index (χ0n) is 17.8. The highest BCUT2D eigenvalue weighted by molar-refractivity contribution is 8.15. The minimum Gasteiger partial charge on any atom is -0.493 e. The van der Waals surface area contributed by atoms with Gasteiger partial charge in [-0.05, 0) is 30.0 Å². The lowest BCUT2D eigenvalue weighted by molar-refractivity contribution is -0.139. The van der Waals surface area contributed by atoms with Crippen LogP contribution in [0.1, 0.15) is 19.4 Å². The third-order valence-corrected chi connectivity index (χ3v) is 6.29. The maximum absolute atomic E-state index is 13.7. The molecule has 1 unspecified atom stereocenters. The van der Waals surface area contributed by atoms with Gasteiger partial charge in [0, 0.05) is 19.4 Å². The molecule has 3 amide bonds. The number of rotatable bonds is 5. The summed E-state index contributed by atoms with van der Waals surface area (Å²) >= 11 is 1.05. The van der Waals surface area contributed by atoms with Gasteiger partial charge in [-0.1, -0.05) is 30.3 Å². The fourth-order valence-corrected chi connectivity index (χ4v) is 5.10. The molecular weight excluding hydrogens is 432 g/mol. The molecule has 0 radical (unpaired) electrons. The van der Waals surface area contributed by atoms with Crippen molar-refractivity contribution in [2.24, 2.45) is 5.10 Å². The van der Waals surface area contributed by atoms with Gasteiger partial charge in [0.05, 0.1) is 19.3 Å². The second-order valence-corrected chi connectivity index (χ2v) is 8.32. The third kappa shape index (κ3) is 3.56. The summed E-state index contributed by atoms with van der Waals surface area (Å²) in [5.74, 6) is 0.0958. The number of nitrogens with zero attached hydrogens (tertiary/aromatic N) is 3. The normalized spacial score (nSPS) is 19.1. The average molecular weight is 455 g/mol. The van der Waals surface area contributed by atoms with Crippen LogP contribution in [-0.4, -0.2) is 48.2 Å². The van der Waals surface area contributed by atoms with Gasteiger partial charge in [0.2, 0.25) is 16.7 Å². The van der Waals surface area contributed by atoms with Crippen molar-refractivity contribution >= 4 is 40.3 Å². The number of hydrogen-bond donors (Lipinski definition) is 1. The van der Waals surface area contributed by atoms with Gasteiger partial charge >= 0.3 is 0 Å². The summed E-state index contributed by atoms with van der Waals surface area (Å²) < 4.78 is 11.2. The van der Waals surface area contributed by atoms with E-state index in [0.717, 1.165) is 16.8 Å². The molecule has 0 fully saturated rings. The molecule has 0 bridgehead atoms. The summed E-state index contributed by atoms with van der Waals surface area (Å²) in [5.41, 5.74) is 1.30. The molecule has 2 aromatic carbocycles. The summed E-state index contributed by atoms with van der Waals surface area (Å²) in [5, 5.41) is 8.17. The van der Waals surface area contributed by atoms with E-state index in [2.05, 4.69) is 10.4 Å². The molecule has 2 aliphatic rings. The number of ether oxygens (including phenoxy) is 2. The van der Waals surface area contributed by atoms with Crippen molar-refractivity contribution in [3.8, 4) is 11.5 Å². The Kier molecular flexibility index (Phi) is 5.79. The summed E-state index contributed by atoms with van der Waals surface area (Å²) in [6.45, 7) is 3.14. The van der Waals surface area contributed by atoms with Gasteiger partial charge in [0.25, 0.3) is 5.91 Å². The van der Waals surface area contributed by atoms with Gasteiger partial charge in [-0.25, -0.2) is 0 Å². The number of anilines is 1. The number of hydrazone groups is 1. The van der Waals surface area contributed by atoms with Crippen LogP contribution < -0.4 is 19.7 Å². The SMILES string of the molecule is COc1ccccc1OCCN1C(=O)C2(SC(NC(C)=O)=NN2C(C)=O)c2ccccc21. The number of nitrogens with one attached hydrogen (secondary N) is 1. The van der Waals surface area contributed by atoms with E-state index < -0.39 is 10.8 Å². The lowest BCUT2D eigenvalue weighted by Gasteiger charge is -2.29. The molecule has 32 heavy (non-hydrogen) atoms. The van der Waals surface area contributed by atoms with Crippen molar-refractivity contribution in [3.63, 3.8) is 0 Å². The largest absolute Gasteiger partial charge is 0.493 e. The molecular formula is C22H22N4O5S. The Labute approximate surface area is 189 Å². The quantitative estimate of drug-likeness (QED) is 0.744. The van der Waals surface area contributed by atoms with E-state index in [1.54, 1.807) is 36.3 Å². The van der Waals surface area contributed by atoms with Crippen LogP contribution in [0.4, 0.5) is 5.69 Å². The minimum absolute atomic E-state index is 0.197. The van der Waals surface area contributed by atoms with E-state index in [1.165, 1.54) is 13.8 Å². The molecule has 0 saturated heterocycles. The van der Waals surface area contributed by atoms with Crippen LogP contribution in [0.2, 0.25) is 0 Å². The number of fused-ring (bicyclic) bond motifs is 2. The molecule has 2 aromatic rings. The van der Waals surface area contributed by atoms with E-state index in [-0.39, 0.29) is 30.1 Å². The van der Waals surface area contributed by atoms with Crippen LogP contribution in [0.15, 0.2) is 53.6 Å². The molecule has 9 nitrogen and oxygen atoms in total. The van der Waals surface area contributed by atoms with Crippen molar-refractivity contribution < 1.29 is 23.9 Å². The van der Waals surface area contributed by atoms with Crippen LogP contribution in [0, 0.1) is 0 Å². The Morgan fingerprint density at radius 2 is 1.78 bits per heavy atom. The lowest BCUT2D eigenvalue weighted by atomic mass is 10.1. The highest BCUT2D eigenvalue weighted by atomic mass is 32.2. The van der Waals surface area contributed by atoms with Gasteiger partial charge in [-0.15, -0.1) is 5.10 Å². The summed E-state index contributed by atoms with van der Waals surface area (Å²) in [6, 6.07) is 14.5. The van der Waals surface area contributed by atoms with Gasteiger partial charge in [0.1, 0.15) is 6.61 Å². The first-order valence-corrected chi connectivity index (χ1v) is 10.7. The molecule has 0 aromatic heterocycles.